The van der Waals surface area contributed by atoms with Crippen molar-refractivity contribution < 1.29 is 9.59 Å². The molecular weight excluding hydrogens is 392 g/mol. The number of carbonyl (C=O) groups is 2. The molecule has 0 saturated carbocycles. The summed E-state index contributed by atoms with van der Waals surface area (Å²) in [5.74, 6) is 0.599. The Balaban J connectivity index is 2.15. The van der Waals surface area contributed by atoms with Gasteiger partial charge in [0, 0.05) is 29.2 Å². The molecule has 0 aliphatic carbocycles. The quantitative estimate of drug-likeness (QED) is 0.561. The second kappa shape index (κ2) is 11.2. The molecule has 2 aromatic rings. The lowest BCUT2D eigenvalue weighted by Crippen LogP contribution is -2.53. The Kier molecular flexibility index (Phi) is 8.97. The number of benzene rings is 2. The van der Waals surface area contributed by atoms with Crippen molar-refractivity contribution in [1.82, 2.24) is 10.2 Å². The molecule has 1 unspecified atom stereocenters. The number of hydrogen-bond acceptors (Lipinski definition) is 3. The number of aryl methyl sites for hydroxylation is 1. The van der Waals surface area contributed by atoms with Crippen molar-refractivity contribution in [2.24, 2.45) is 0 Å². The Hall–Kier alpha value is -2.27. The van der Waals surface area contributed by atoms with Crippen LogP contribution in [0, 0.1) is 6.92 Å². The summed E-state index contributed by atoms with van der Waals surface area (Å²) in [7, 11) is 0. The van der Waals surface area contributed by atoms with Crippen LogP contribution in [0.3, 0.4) is 0 Å². The first kappa shape index (κ1) is 24.0. The van der Waals surface area contributed by atoms with Gasteiger partial charge in [0.1, 0.15) is 6.04 Å². The van der Waals surface area contributed by atoms with Crippen LogP contribution in [0.4, 0.5) is 0 Å². The van der Waals surface area contributed by atoms with Crippen LogP contribution < -0.4 is 5.32 Å². The second-order valence-electron chi connectivity index (χ2n) is 8.59. The van der Waals surface area contributed by atoms with Gasteiger partial charge in [-0.1, -0.05) is 55.0 Å². The summed E-state index contributed by atoms with van der Waals surface area (Å²) in [6, 6.07) is 17.7. The Morgan fingerprint density at radius 2 is 1.77 bits per heavy atom. The Morgan fingerprint density at radius 3 is 2.37 bits per heavy atom. The van der Waals surface area contributed by atoms with E-state index >= 15 is 0 Å². The number of hydrogen-bond donors (Lipinski definition) is 1. The van der Waals surface area contributed by atoms with E-state index in [0.29, 0.717) is 25.1 Å². The summed E-state index contributed by atoms with van der Waals surface area (Å²) >= 11 is 1.66. The number of thioether (sulfide) groups is 1. The molecule has 1 N–H and O–H groups in total. The highest BCUT2D eigenvalue weighted by Gasteiger charge is 2.30. The Morgan fingerprint density at radius 1 is 1.07 bits per heavy atom. The smallest absolute Gasteiger partial charge is 0.243 e. The fourth-order valence-electron chi connectivity index (χ4n) is 3.30. The van der Waals surface area contributed by atoms with Gasteiger partial charge in [0.25, 0.3) is 0 Å². The molecule has 4 nitrogen and oxygen atoms in total. The third-order valence-corrected chi connectivity index (χ3v) is 5.66. The van der Waals surface area contributed by atoms with Crippen LogP contribution in [0.25, 0.3) is 0 Å². The number of carbonyl (C=O) groups excluding carboxylic acids is 2. The Bertz CT molecular complexity index is 831. The molecule has 0 bridgehead atoms. The first-order valence-electron chi connectivity index (χ1n) is 10.5. The number of nitrogens with zero attached hydrogens (tertiary/aromatic N) is 1. The molecule has 0 aliphatic heterocycles. The van der Waals surface area contributed by atoms with Gasteiger partial charge in [-0.2, -0.15) is 0 Å². The van der Waals surface area contributed by atoms with E-state index in [4.69, 9.17) is 0 Å². The summed E-state index contributed by atoms with van der Waals surface area (Å²) < 4.78 is 0. The highest BCUT2D eigenvalue weighted by molar-refractivity contribution is 7.99. The summed E-state index contributed by atoms with van der Waals surface area (Å²) in [6.07, 6.45) is 0.968. The molecule has 5 heteroatoms. The minimum Gasteiger partial charge on any atom is -0.350 e. The molecular formula is C25H34N2O2S. The second-order valence-corrected chi connectivity index (χ2v) is 9.75. The molecule has 0 radical (unpaired) electrons. The van der Waals surface area contributed by atoms with Crippen molar-refractivity contribution in [2.45, 2.75) is 70.5 Å². The van der Waals surface area contributed by atoms with Gasteiger partial charge in [0.15, 0.2) is 0 Å². The molecule has 162 valence electrons. The largest absolute Gasteiger partial charge is 0.350 e. The van der Waals surface area contributed by atoms with Crippen LogP contribution in [0.2, 0.25) is 0 Å². The van der Waals surface area contributed by atoms with Crippen molar-refractivity contribution in [3.8, 4) is 0 Å². The van der Waals surface area contributed by atoms with Gasteiger partial charge < -0.3 is 10.2 Å². The lowest BCUT2D eigenvalue weighted by molar-refractivity contribution is -0.141. The van der Waals surface area contributed by atoms with E-state index in [2.05, 4.69) is 11.4 Å². The SMILES string of the molecule is CCC(C(=O)NC(C)(C)C)N(Cc1cccc(C)c1)C(=O)CCSc1ccccc1. The average molecular weight is 427 g/mol. The zero-order valence-electron chi connectivity index (χ0n) is 18.8. The van der Waals surface area contributed by atoms with E-state index in [-0.39, 0.29) is 17.4 Å². The molecule has 30 heavy (non-hydrogen) atoms. The minimum atomic E-state index is -0.487. The summed E-state index contributed by atoms with van der Waals surface area (Å²) in [5, 5.41) is 3.05. The highest BCUT2D eigenvalue weighted by Crippen LogP contribution is 2.20. The molecule has 2 rings (SSSR count). The fourth-order valence-corrected chi connectivity index (χ4v) is 4.16. The molecule has 2 amide bonds. The van der Waals surface area contributed by atoms with Crippen LogP contribution in [0.1, 0.15) is 51.7 Å². The zero-order valence-corrected chi connectivity index (χ0v) is 19.6. The van der Waals surface area contributed by atoms with E-state index in [1.807, 2.05) is 83.1 Å². The van der Waals surface area contributed by atoms with Crippen molar-refractivity contribution >= 4 is 23.6 Å². The first-order valence-corrected chi connectivity index (χ1v) is 11.5. The third kappa shape index (κ3) is 7.86. The maximum absolute atomic E-state index is 13.2. The lowest BCUT2D eigenvalue weighted by Gasteiger charge is -2.33. The van der Waals surface area contributed by atoms with Gasteiger partial charge in [-0.25, -0.2) is 0 Å². The molecule has 0 aromatic heterocycles. The number of rotatable bonds is 9. The average Bonchev–Trinajstić information content (AvgIpc) is 2.67. The van der Waals surface area contributed by atoms with Crippen molar-refractivity contribution in [1.29, 1.82) is 0 Å². The topological polar surface area (TPSA) is 49.4 Å². The van der Waals surface area contributed by atoms with Gasteiger partial charge in [0.05, 0.1) is 0 Å². The molecule has 0 fully saturated rings. The van der Waals surface area contributed by atoms with Gasteiger partial charge in [-0.3, -0.25) is 9.59 Å². The van der Waals surface area contributed by atoms with Crippen molar-refractivity contribution in [3.05, 3.63) is 65.7 Å². The molecule has 0 aliphatic rings. The lowest BCUT2D eigenvalue weighted by atomic mass is 10.0. The van der Waals surface area contributed by atoms with Crippen LogP contribution in [0.15, 0.2) is 59.5 Å². The zero-order chi connectivity index (χ0) is 22.1. The molecule has 0 heterocycles. The van der Waals surface area contributed by atoms with Gasteiger partial charge in [0.2, 0.25) is 11.8 Å². The number of amides is 2. The van der Waals surface area contributed by atoms with E-state index in [1.165, 1.54) is 0 Å². The highest BCUT2D eigenvalue weighted by atomic mass is 32.2. The maximum atomic E-state index is 13.2. The fraction of sp³-hybridized carbons (Fsp3) is 0.440. The van der Waals surface area contributed by atoms with Crippen molar-refractivity contribution in [3.63, 3.8) is 0 Å². The normalized spacial score (nSPS) is 12.3. The summed E-state index contributed by atoms with van der Waals surface area (Å²) in [6.45, 7) is 10.3. The summed E-state index contributed by atoms with van der Waals surface area (Å²) in [5.41, 5.74) is 1.85. The molecule has 0 saturated heterocycles. The van der Waals surface area contributed by atoms with Gasteiger partial charge in [-0.05, 0) is 51.8 Å². The van der Waals surface area contributed by atoms with Crippen LogP contribution in [0.5, 0.6) is 0 Å². The van der Waals surface area contributed by atoms with E-state index in [1.54, 1.807) is 16.7 Å². The van der Waals surface area contributed by atoms with Gasteiger partial charge in [-0.15, -0.1) is 11.8 Å². The van der Waals surface area contributed by atoms with Gasteiger partial charge >= 0.3 is 0 Å². The maximum Gasteiger partial charge on any atom is 0.243 e. The molecule has 2 aromatic carbocycles. The van der Waals surface area contributed by atoms with Crippen LogP contribution in [-0.2, 0) is 16.1 Å². The Labute approximate surface area is 185 Å². The standard InChI is InChI=1S/C25H34N2O2S/c1-6-22(24(29)26-25(3,4)5)27(18-20-12-10-11-19(2)17-20)23(28)15-16-30-21-13-8-7-9-14-21/h7-14,17,22H,6,15-16,18H2,1-5H3,(H,26,29). The van der Waals surface area contributed by atoms with Crippen LogP contribution >= 0.6 is 11.8 Å². The third-order valence-electron chi connectivity index (χ3n) is 4.65. The first-order chi connectivity index (χ1) is 14.2. The molecule has 0 spiro atoms. The van der Waals surface area contributed by atoms with E-state index in [9.17, 15) is 9.59 Å². The van der Waals surface area contributed by atoms with Crippen molar-refractivity contribution in [2.75, 3.05) is 5.75 Å². The van der Waals surface area contributed by atoms with Crippen LogP contribution in [-0.4, -0.2) is 34.0 Å². The number of nitrogens with one attached hydrogen (secondary N) is 1. The predicted octanol–water partition coefficient (Wildman–Crippen LogP) is 5.20. The van der Waals surface area contributed by atoms with E-state index < -0.39 is 6.04 Å². The predicted molar refractivity (Wildman–Crippen MR) is 125 cm³/mol. The van der Waals surface area contributed by atoms with E-state index in [0.717, 1.165) is 16.0 Å². The summed E-state index contributed by atoms with van der Waals surface area (Å²) in [4.78, 5) is 29.1. The monoisotopic (exact) mass is 426 g/mol. The minimum absolute atomic E-state index is 0.0100. The molecule has 1 atom stereocenters.